The van der Waals surface area contributed by atoms with Crippen LogP contribution in [0.1, 0.15) is 17.0 Å². The summed E-state index contributed by atoms with van der Waals surface area (Å²) in [6, 6.07) is 14.3. The van der Waals surface area contributed by atoms with Crippen molar-refractivity contribution in [3.8, 4) is 17.2 Å². The highest BCUT2D eigenvalue weighted by atomic mass is 19.4. The normalized spacial score (nSPS) is 21.1. The first-order chi connectivity index (χ1) is 11.4. The fraction of sp³-hybridized carbons (Fsp3) is 0.278. The van der Waals surface area contributed by atoms with Crippen molar-refractivity contribution in [2.75, 3.05) is 13.3 Å². The van der Waals surface area contributed by atoms with Crippen molar-refractivity contribution in [3.63, 3.8) is 0 Å². The second-order valence-corrected chi connectivity index (χ2v) is 5.79. The van der Waals surface area contributed by atoms with Crippen molar-refractivity contribution >= 4 is 0 Å². The molecule has 0 radical (unpaired) electrons. The van der Waals surface area contributed by atoms with Crippen molar-refractivity contribution in [2.45, 2.75) is 18.1 Å². The van der Waals surface area contributed by atoms with Crippen LogP contribution in [-0.2, 0) is 6.18 Å². The molecule has 0 aliphatic carbocycles. The van der Waals surface area contributed by atoms with E-state index in [2.05, 4.69) is 6.07 Å². The lowest BCUT2D eigenvalue weighted by atomic mass is 9.83. The molecular formula is C18H15F3N2O. The van der Waals surface area contributed by atoms with Gasteiger partial charge in [0.1, 0.15) is 6.04 Å². The number of benzene rings is 2. The second-order valence-electron chi connectivity index (χ2n) is 5.79. The Morgan fingerprint density at radius 3 is 2.04 bits per heavy atom. The molecule has 1 heterocycles. The molecule has 2 aromatic carbocycles. The molecule has 2 atom stereocenters. The zero-order valence-corrected chi connectivity index (χ0v) is 12.7. The SMILES string of the molecule is N#CC1C(c2ccc(-c3ccc(C(F)(F)F)cc3)cc2)CN1CO. The van der Waals surface area contributed by atoms with Crippen LogP contribution in [-0.4, -0.2) is 29.3 Å². The molecule has 1 saturated heterocycles. The van der Waals surface area contributed by atoms with Crippen LogP contribution in [0.5, 0.6) is 0 Å². The van der Waals surface area contributed by atoms with Gasteiger partial charge in [0.2, 0.25) is 0 Å². The largest absolute Gasteiger partial charge is 0.416 e. The summed E-state index contributed by atoms with van der Waals surface area (Å²) >= 11 is 0. The molecule has 0 saturated carbocycles. The number of alkyl halides is 3. The standard InChI is InChI=1S/C18H15F3N2O/c19-18(20,21)15-7-5-13(6-8-15)12-1-3-14(4-2-12)16-10-23(11-24)17(16)9-22/h1-8,16-17,24H,10-11H2. The van der Waals surface area contributed by atoms with E-state index < -0.39 is 11.7 Å². The van der Waals surface area contributed by atoms with E-state index in [1.54, 1.807) is 4.90 Å². The van der Waals surface area contributed by atoms with Crippen LogP contribution < -0.4 is 0 Å². The molecule has 0 spiro atoms. The first kappa shape index (κ1) is 16.5. The van der Waals surface area contributed by atoms with Gasteiger partial charge in [0.15, 0.2) is 0 Å². The van der Waals surface area contributed by atoms with Crippen LogP contribution >= 0.6 is 0 Å². The highest BCUT2D eigenvalue weighted by Crippen LogP contribution is 2.35. The Labute approximate surface area is 137 Å². The van der Waals surface area contributed by atoms with Gasteiger partial charge in [-0.05, 0) is 28.8 Å². The Morgan fingerprint density at radius 2 is 1.58 bits per heavy atom. The lowest BCUT2D eigenvalue weighted by Crippen LogP contribution is -2.53. The van der Waals surface area contributed by atoms with Crippen LogP contribution in [0.4, 0.5) is 13.2 Å². The molecule has 3 rings (SSSR count). The number of hydrogen-bond donors (Lipinski definition) is 1. The maximum atomic E-state index is 12.6. The van der Waals surface area contributed by atoms with Gasteiger partial charge in [0, 0.05) is 12.5 Å². The number of rotatable bonds is 3. The van der Waals surface area contributed by atoms with Gasteiger partial charge in [-0.25, -0.2) is 0 Å². The van der Waals surface area contributed by atoms with Crippen molar-refractivity contribution in [2.24, 2.45) is 0 Å². The minimum atomic E-state index is -4.34. The Hall–Kier alpha value is -2.36. The van der Waals surface area contributed by atoms with Crippen molar-refractivity contribution in [1.29, 1.82) is 5.26 Å². The fourth-order valence-electron chi connectivity index (χ4n) is 2.96. The molecule has 1 fully saturated rings. The summed E-state index contributed by atoms with van der Waals surface area (Å²) in [5.74, 6) is 0.0452. The molecule has 1 aliphatic rings. The zero-order valence-electron chi connectivity index (χ0n) is 12.7. The quantitative estimate of drug-likeness (QED) is 0.934. The van der Waals surface area contributed by atoms with E-state index in [4.69, 9.17) is 10.4 Å². The highest BCUT2D eigenvalue weighted by molar-refractivity contribution is 5.64. The molecule has 1 aliphatic heterocycles. The molecule has 6 heteroatoms. The summed E-state index contributed by atoms with van der Waals surface area (Å²) in [5, 5.41) is 18.3. The average molecular weight is 332 g/mol. The number of hydrogen-bond acceptors (Lipinski definition) is 3. The third-order valence-corrected chi connectivity index (χ3v) is 4.40. The minimum Gasteiger partial charge on any atom is -0.381 e. The first-order valence-corrected chi connectivity index (χ1v) is 7.46. The van der Waals surface area contributed by atoms with E-state index in [1.807, 2.05) is 24.3 Å². The van der Waals surface area contributed by atoms with Crippen molar-refractivity contribution in [1.82, 2.24) is 4.90 Å². The predicted octanol–water partition coefficient (Wildman–Crippen LogP) is 3.61. The number of aliphatic hydroxyl groups excluding tert-OH is 1. The van der Waals surface area contributed by atoms with E-state index in [1.165, 1.54) is 12.1 Å². The first-order valence-electron chi connectivity index (χ1n) is 7.46. The van der Waals surface area contributed by atoms with E-state index in [0.29, 0.717) is 12.1 Å². The summed E-state index contributed by atoms with van der Waals surface area (Å²) in [6.45, 7) is 0.479. The Balaban J connectivity index is 1.77. The van der Waals surface area contributed by atoms with Crippen molar-refractivity contribution in [3.05, 3.63) is 59.7 Å². The molecule has 2 unspecified atom stereocenters. The Bertz CT molecular complexity index is 748. The van der Waals surface area contributed by atoms with E-state index in [0.717, 1.165) is 23.3 Å². The summed E-state index contributed by atoms with van der Waals surface area (Å²) in [4.78, 5) is 1.68. The number of likely N-dealkylation sites (tertiary alicyclic amines) is 1. The van der Waals surface area contributed by atoms with Crippen LogP contribution in [0, 0.1) is 11.3 Å². The molecule has 2 aromatic rings. The summed E-state index contributed by atoms with van der Waals surface area (Å²) in [7, 11) is 0. The molecule has 124 valence electrons. The summed E-state index contributed by atoms with van der Waals surface area (Å²) in [6.07, 6.45) is -4.34. The monoisotopic (exact) mass is 332 g/mol. The summed E-state index contributed by atoms with van der Waals surface area (Å²) < 4.78 is 37.8. The van der Waals surface area contributed by atoms with E-state index in [-0.39, 0.29) is 18.7 Å². The van der Waals surface area contributed by atoms with Gasteiger partial charge < -0.3 is 5.11 Å². The van der Waals surface area contributed by atoms with Crippen molar-refractivity contribution < 1.29 is 18.3 Å². The molecule has 0 aromatic heterocycles. The predicted molar refractivity (Wildman–Crippen MR) is 82.8 cm³/mol. The zero-order chi connectivity index (χ0) is 17.3. The molecular weight excluding hydrogens is 317 g/mol. The fourth-order valence-corrected chi connectivity index (χ4v) is 2.96. The smallest absolute Gasteiger partial charge is 0.381 e. The Kier molecular flexibility index (Phi) is 4.31. The van der Waals surface area contributed by atoms with Gasteiger partial charge in [-0.3, -0.25) is 4.90 Å². The maximum absolute atomic E-state index is 12.6. The molecule has 1 N–H and O–H groups in total. The van der Waals surface area contributed by atoms with Gasteiger partial charge in [-0.15, -0.1) is 0 Å². The van der Waals surface area contributed by atoms with E-state index in [9.17, 15) is 13.2 Å². The topological polar surface area (TPSA) is 47.3 Å². The molecule has 3 nitrogen and oxygen atoms in total. The molecule has 0 bridgehead atoms. The van der Waals surface area contributed by atoms with Gasteiger partial charge in [-0.1, -0.05) is 36.4 Å². The molecule has 24 heavy (non-hydrogen) atoms. The van der Waals surface area contributed by atoms with Crippen LogP contribution in [0.3, 0.4) is 0 Å². The van der Waals surface area contributed by atoms with Crippen LogP contribution in [0.2, 0.25) is 0 Å². The van der Waals surface area contributed by atoms with Crippen LogP contribution in [0.15, 0.2) is 48.5 Å². The second kappa shape index (κ2) is 6.27. The number of nitriles is 1. The number of nitrogens with zero attached hydrogens (tertiary/aromatic N) is 2. The number of halogens is 3. The van der Waals surface area contributed by atoms with Gasteiger partial charge in [-0.2, -0.15) is 18.4 Å². The van der Waals surface area contributed by atoms with Gasteiger partial charge in [0.05, 0.1) is 18.4 Å². The summed E-state index contributed by atoms with van der Waals surface area (Å²) in [5.41, 5.74) is 1.84. The third kappa shape index (κ3) is 3.01. The van der Waals surface area contributed by atoms with E-state index >= 15 is 0 Å². The lowest BCUT2D eigenvalue weighted by molar-refractivity contribution is -0.137. The maximum Gasteiger partial charge on any atom is 0.416 e. The highest BCUT2D eigenvalue weighted by Gasteiger charge is 2.39. The van der Waals surface area contributed by atoms with Gasteiger partial charge >= 0.3 is 6.18 Å². The molecule has 0 amide bonds. The number of aliphatic hydroxyl groups is 1. The Morgan fingerprint density at radius 1 is 1.04 bits per heavy atom. The minimum absolute atomic E-state index is 0.0452. The lowest BCUT2D eigenvalue weighted by Gasteiger charge is -2.43. The van der Waals surface area contributed by atoms with Crippen LogP contribution in [0.25, 0.3) is 11.1 Å². The average Bonchev–Trinajstić information content (AvgIpc) is 2.55. The van der Waals surface area contributed by atoms with Gasteiger partial charge in [0.25, 0.3) is 0 Å². The third-order valence-electron chi connectivity index (χ3n) is 4.40.